The van der Waals surface area contributed by atoms with Crippen LogP contribution in [0.4, 0.5) is 0 Å². The zero-order chi connectivity index (χ0) is 14.1. The van der Waals surface area contributed by atoms with Crippen molar-refractivity contribution in [2.24, 2.45) is 0 Å². The lowest BCUT2D eigenvalue weighted by Crippen LogP contribution is -2.28. The minimum Gasteiger partial charge on any atom is -0.391 e. The second-order valence-electron chi connectivity index (χ2n) is 4.86. The summed E-state index contributed by atoms with van der Waals surface area (Å²) in [5, 5.41) is 10.2. The van der Waals surface area contributed by atoms with Gasteiger partial charge in [0.2, 0.25) is 0 Å². The third kappa shape index (κ3) is 2.73. The molecule has 20 heavy (non-hydrogen) atoms. The van der Waals surface area contributed by atoms with E-state index >= 15 is 0 Å². The molecule has 0 saturated carbocycles. The van der Waals surface area contributed by atoms with E-state index in [4.69, 9.17) is 11.6 Å². The number of aliphatic hydroxyl groups is 1. The van der Waals surface area contributed by atoms with Crippen LogP contribution in [0.15, 0.2) is 36.4 Å². The number of halogens is 1. The van der Waals surface area contributed by atoms with Gasteiger partial charge in [-0.05, 0) is 36.2 Å². The fourth-order valence-electron chi connectivity index (χ4n) is 2.30. The summed E-state index contributed by atoms with van der Waals surface area (Å²) in [7, 11) is 0. The SMILES string of the molecule is O=C(c1ccc(-c2ccc(Cl)cc2)s1)N1CC[C@H](O)C1. The Labute approximate surface area is 126 Å². The van der Waals surface area contributed by atoms with E-state index in [-0.39, 0.29) is 12.0 Å². The van der Waals surface area contributed by atoms with Crippen molar-refractivity contribution >= 4 is 28.8 Å². The highest BCUT2D eigenvalue weighted by molar-refractivity contribution is 7.17. The lowest BCUT2D eigenvalue weighted by atomic mass is 10.2. The number of carbonyl (C=O) groups is 1. The molecule has 1 aliphatic heterocycles. The van der Waals surface area contributed by atoms with Gasteiger partial charge in [-0.15, -0.1) is 11.3 Å². The molecule has 1 aromatic carbocycles. The summed E-state index contributed by atoms with van der Waals surface area (Å²) < 4.78 is 0. The third-order valence-corrected chi connectivity index (χ3v) is 4.77. The Kier molecular flexibility index (Phi) is 3.78. The molecule has 1 atom stereocenters. The highest BCUT2D eigenvalue weighted by Crippen LogP contribution is 2.30. The van der Waals surface area contributed by atoms with Crippen LogP contribution in [-0.2, 0) is 0 Å². The van der Waals surface area contributed by atoms with Gasteiger partial charge in [0.15, 0.2) is 0 Å². The minimum absolute atomic E-state index is 0.00626. The average molecular weight is 308 g/mol. The zero-order valence-electron chi connectivity index (χ0n) is 10.8. The predicted octanol–water partition coefficient (Wildman–Crippen LogP) is 3.28. The fourth-order valence-corrected chi connectivity index (χ4v) is 3.41. The summed E-state index contributed by atoms with van der Waals surface area (Å²) in [6, 6.07) is 11.4. The van der Waals surface area contributed by atoms with Crippen LogP contribution >= 0.6 is 22.9 Å². The second kappa shape index (κ2) is 5.56. The van der Waals surface area contributed by atoms with Crippen molar-refractivity contribution in [2.45, 2.75) is 12.5 Å². The van der Waals surface area contributed by atoms with Crippen molar-refractivity contribution in [3.05, 3.63) is 46.3 Å². The van der Waals surface area contributed by atoms with Gasteiger partial charge in [0.25, 0.3) is 5.91 Å². The maximum absolute atomic E-state index is 12.3. The van der Waals surface area contributed by atoms with Gasteiger partial charge in [-0.2, -0.15) is 0 Å². The quantitative estimate of drug-likeness (QED) is 0.925. The van der Waals surface area contributed by atoms with E-state index in [2.05, 4.69) is 0 Å². The number of carbonyl (C=O) groups excluding carboxylic acids is 1. The van der Waals surface area contributed by atoms with E-state index in [1.54, 1.807) is 4.90 Å². The third-order valence-electron chi connectivity index (χ3n) is 3.40. The normalized spacial score (nSPS) is 18.5. The molecule has 1 aromatic heterocycles. The van der Waals surface area contributed by atoms with Crippen LogP contribution in [-0.4, -0.2) is 35.1 Å². The Morgan fingerprint density at radius 2 is 2.00 bits per heavy atom. The molecule has 3 rings (SSSR count). The van der Waals surface area contributed by atoms with Crippen molar-refractivity contribution in [3.8, 4) is 10.4 Å². The standard InChI is InChI=1S/C15H14ClNO2S/c16-11-3-1-10(2-4-11)13-5-6-14(20-13)15(19)17-8-7-12(18)9-17/h1-6,12,18H,7-9H2/t12-/m0/s1. The molecule has 2 heterocycles. The molecule has 0 bridgehead atoms. The molecule has 0 spiro atoms. The van der Waals surface area contributed by atoms with Crippen molar-refractivity contribution in [2.75, 3.05) is 13.1 Å². The van der Waals surface area contributed by atoms with Crippen LogP contribution in [0, 0.1) is 0 Å². The Morgan fingerprint density at radius 3 is 2.65 bits per heavy atom. The van der Waals surface area contributed by atoms with Crippen LogP contribution in [0.2, 0.25) is 5.02 Å². The van der Waals surface area contributed by atoms with Crippen LogP contribution < -0.4 is 0 Å². The second-order valence-corrected chi connectivity index (χ2v) is 6.38. The monoisotopic (exact) mass is 307 g/mol. The minimum atomic E-state index is -0.380. The summed E-state index contributed by atoms with van der Waals surface area (Å²) >= 11 is 7.35. The Hall–Kier alpha value is -1.36. The number of rotatable bonds is 2. The number of β-amino-alcohol motifs (C(OH)–C–C–N with tert-alkyl or cyclic N) is 1. The smallest absolute Gasteiger partial charge is 0.264 e. The van der Waals surface area contributed by atoms with Crippen molar-refractivity contribution < 1.29 is 9.90 Å². The van der Waals surface area contributed by atoms with Crippen molar-refractivity contribution in [1.29, 1.82) is 0 Å². The molecule has 5 heteroatoms. The van der Waals surface area contributed by atoms with Gasteiger partial charge < -0.3 is 10.0 Å². The summed E-state index contributed by atoms with van der Waals surface area (Å²) in [6.07, 6.45) is 0.288. The van der Waals surface area contributed by atoms with E-state index in [0.717, 1.165) is 10.4 Å². The molecule has 0 radical (unpaired) electrons. The first-order valence-electron chi connectivity index (χ1n) is 6.46. The van der Waals surface area contributed by atoms with Crippen molar-refractivity contribution in [3.63, 3.8) is 0 Å². The topological polar surface area (TPSA) is 40.5 Å². The molecule has 0 unspecified atom stereocenters. The molecule has 2 aromatic rings. The van der Waals surface area contributed by atoms with E-state index in [1.807, 2.05) is 36.4 Å². The molecule has 1 fully saturated rings. The summed E-state index contributed by atoms with van der Waals surface area (Å²) in [6.45, 7) is 1.07. The summed E-state index contributed by atoms with van der Waals surface area (Å²) in [5.74, 6) is 0.00626. The Bertz CT molecular complexity index is 623. The van der Waals surface area contributed by atoms with Gasteiger partial charge in [-0.25, -0.2) is 0 Å². The van der Waals surface area contributed by atoms with Gasteiger partial charge in [-0.3, -0.25) is 4.79 Å². The zero-order valence-corrected chi connectivity index (χ0v) is 12.3. The van der Waals surface area contributed by atoms with Crippen LogP contribution in [0.3, 0.4) is 0 Å². The molecule has 0 aliphatic carbocycles. The largest absolute Gasteiger partial charge is 0.391 e. The van der Waals surface area contributed by atoms with Gasteiger partial charge in [0.1, 0.15) is 0 Å². The van der Waals surface area contributed by atoms with Crippen LogP contribution in [0.5, 0.6) is 0 Å². The van der Waals surface area contributed by atoms with E-state index in [1.165, 1.54) is 11.3 Å². The molecule has 1 amide bonds. The molecule has 1 aliphatic rings. The fraction of sp³-hybridized carbons (Fsp3) is 0.267. The number of hydrogen-bond acceptors (Lipinski definition) is 3. The van der Waals surface area contributed by atoms with Gasteiger partial charge >= 0.3 is 0 Å². The first-order chi connectivity index (χ1) is 9.63. The number of likely N-dealkylation sites (tertiary alicyclic amines) is 1. The van der Waals surface area contributed by atoms with E-state index < -0.39 is 0 Å². The number of hydrogen-bond donors (Lipinski definition) is 1. The predicted molar refractivity (Wildman–Crippen MR) is 81.3 cm³/mol. The average Bonchev–Trinajstić information content (AvgIpc) is 3.08. The molecule has 104 valence electrons. The highest BCUT2D eigenvalue weighted by atomic mass is 35.5. The van der Waals surface area contributed by atoms with E-state index in [0.29, 0.717) is 29.4 Å². The van der Waals surface area contributed by atoms with E-state index in [9.17, 15) is 9.90 Å². The first kappa shape index (κ1) is 13.6. The molecule has 1 saturated heterocycles. The Morgan fingerprint density at radius 1 is 1.25 bits per heavy atom. The van der Waals surface area contributed by atoms with Crippen LogP contribution in [0.25, 0.3) is 10.4 Å². The molecule has 3 nitrogen and oxygen atoms in total. The van der Waals surface area contributed by atoms with Gasteiger partial charge in [-0.1, -0.05) is 23.7 Å². The highest BCUT2D eigenvalue weighted by Gasteiger charge is 2.26. The number of amides is 1. The molecular formula is C15H14ClNO2S. The van der Waals surface area contributed by atoms with Gasteiger partial charge in [0, 0.05) is 23.0 Å². The number of benzene rings is 1. The molecule has 1 N–H and O–H groups in total. The molecular weight excluding hydrogens is 294 g/mol. The van der Waals surface area contributed by atoms with Crippen molar-refractivity contribution in [1.82, 2.24) is 4.90 Å². The number of nitrogens with zero attached hydrogens (tertiary/aromatic N) is 1. The maximum Gasteiger partial charge on any atom is 0.264 e. The summed E-state index contributed by atoms with van der Waals surface area (Å²) in [4.78, 5) is 15.8. The number of thiophene rings is 1. The van der Waals surface area contributed by atoms with Crippen LogP contribution in [0.1, 0.15) is 16.1 Å². The maximum atomic E-state index is 12.3. The number of aliphatic hydroxyl groups excluding tert-OH is 1. The first-order valence-corrected chi connectivity index (χ1v) is 7.66. The van der Waals surface area contributed by atoms with Gasteiger partial charge in [0.05, 0.1) is 11.0 Å². The lowest BCUT2D eigenvalue weighted by Gasteiger charge is -2.13. The Balaban J connectivity index is 1.79. The summed E-state index contributed by atoms with van der Waals surface area (Å²) in [5.41, 5.74) is 1.06. The lowest BCUT2D eigenvalue weighted by molar-refractivity contribution is 0.0769.